The summed E-state index contributed by atoms with van der Waals surface area (Å²) in [4.78, 5) is 3.21. The topological polar surface area (TPSA) is 53.4 Å². The molecule has 1 aromatic heterocycles. The molecule has 0 aliphatic heterocycles. The number of aromatic nitrogens is 1. The molecule has 3 nitrogen and oxygen atoms in total. The summed E-state index contributed by atoms with van der Waals surface area (Å²) in [6.45, 7) is 0. The van der Waals surface area contributed by atoms with Crippen molar-refractivity contribution in [3.05, 3.63) is 23.0 Å². The average molecular weight is 225 g/mol. The lowest BCUT2D eigenvalue weighted by Crippen LogP contribution is -2.36. The summed E-state index contributed by atoms with van der Waals surface area (Å²) in [6.07, 6.45) is -4.23. The highest BCUT2D eigenvalue weighted by molar-refractivity contribution is 6.59. The van der Waals surface area contributed by atoms with Crippen LogP contribution in [0.3, 0.4) is 0 Å². The van der Waals surface area contributed by atoms with Crippen molar-refractivity contribution in [2.45, 2.75) is 6.18 Å². The van der Waals surface area contributed by atoms with Gasteiger partial charge in [0.1, 0.15) is 5.15 Å². The molecular formula is C6H4BClF3NO2. The van der Waals surface area contributed by atoms with Gasteiger partial charge in [-0.15, -0.1) is 0 Å². The summed E-state index contributed by atoms with van der Waals surface area (Å²) in [6, 6.07) is 0.759. The summed E-state index contributed by atoms with van der Waals surface area (Å²) < 4.78 is 36.7. The molecule has 0 fully saturated rings. The number of halogens is 4. The molecule has 0 aromatic carbocycles. The van der Waals surface area contributed by atoms with E-state index in [1.165, 1.54) is 0 Å². The van der Waals surface area contributed by atoms with Gasteiger partial charge in [-0.3, -0.25) is 0 Å². The Morgan fingerprint density at radius 3 is 2.36 bits per heavy atom. The summed E-state index contributed by atoms with van der Waals surface area (Å²) in [5.74, 6) is 0. The molecule has 0 unspecified atom stereocenters. The van der Waals surface area contributed by atoms with Crippen LogP contribution >= 0.6 is 11.6 Å². The number of hydrogen-bond donors (Lipinski definition) is 2. The molecule has 0 spiro atoms. The van der Waals surface area contributed by atoms with E-state index in [9.17, 15) is 13.2 Å². The van der Waals surface area contributed by atoms with E-state index in [2.05, 4.69) is 4.98 Å². The van der Waals surface area contributed by atoms with Crippen molar-refractivity contribution in [1.82, 2.24) is 4.98 Å². The standard InChI is InChI=1S/C6H4BClF3NO2/c8-5-1-4(7(13)14)3(2-12-5)6(9,10)11/h1-2,13-14H. The lowest BCUT2D eigenvalue weighted by Gasteiger charge is -2.11. The molecule has 8 heteroatoms. The molecular weight excluding hydrogens is 221 g/mol. The predicted molar refractivity (Wildman–Crippen MR) is 44.1 cm³/mol. The van der Waals surface area contributed by atoms with Gasteiger partial charge in [-0.1, -0.05) is 11.6 Å². The third kappa shape index (κ3) is 2.37. The number of alkyl halides is 3. The van der Waals surface area contributed by atoms with Gasteiger partial charge in [-0.05, 0) is 11.5 Å². The molecule has 0 aliphatic carbocycles. The summed E-state index contributed by atoms with van der Waals surface area (Å²) in [7, 11) is -2.23. The van der Waals surface area contributed by atoms with Gasteiger partial charge in [0, 0.05) is 6.20 Å². The van der Waals surface area contributed by atoms with Crippen LogP contribution in [0.4, 0.5) is 13.2 Å². The summed E-state index contributed by atoms with van der Waals surface area (Å²) in [5.41, 5.74) is -1.92. The second-order valence-corrected chi connectivity index (χ2v) is 2.85. The fourth-order valence-electron chi connectivity index (χ4n) is 0.895. The van der Waals surface area contributed by atoms with E-state index in [4.69, 9.17) is 21.6 Å². The third-order valence-corrected chi connectivity index (χ3v) is 1.69. The Kier molecular flexibility index (Phi) is 3.03. The molecule has 0 bridgehead atoms. The zero-order valence-electron chi connectivity index (χ0n) is 6.59. The number of pyridine rings is 1. The van der Waals surface area contributed by atoms with Crippen LogP contribution in [-0.2, 0) is 6.18 Å². The van der Waals surface area contributed by atoms with E-state index in [-0.39, 0.29) is 5.15 Å². The third-order valence-electron chi connectivity index (χ3n) is 1.49. The van der Waals surface area contributed by atoms with Crippen LogP contribution in [0.25, 0.3) is 0 Å². The Balaban J connectivity index is 3.29. The van der Waals surface area contributed by atoms with E-state index >= 15 is 0 Å². The van der Waals surface area contributed by atoms with Gasteiger partial charge in [0.2, 0.25) is 0 Å². The van der Waals surface area contributed by atoms with Gasteiger partial charge in [-0.2, -0.15) is 13.2 Å². The molecule has 0 saturated heterocycles. The van der Waals surface area contributed by atoms with E-state index < -0.39 is 24.3 Å². The first-order valence-electron chi connectivity index (χ1n) is 3.41. The highest BCUT2D eigenvalue weighted by atomic mass is 35.5. The van der Waals surface area contributed by atoms with Crippen LogP contribution in [0.1, 0.15) is 5.56 Å². The van der Waals surface area contributed by atoms with E-state index in [1.54, 1.807) is 0 Å². The number of hydrogen-bond acceptors (Lipinski definition) is 3. The first-order chi connectivity index (χ1) is 6.32. The van der Waals surface area contributed by atoms with Gasteiger partial charge >= 0.3 is 13.3 Å². The highest BCUT2D eigenvalue weighted by Crippen LogP contribution is 2.27. The summed E-state index contributed by atoms with van der Waals surface area (Å²) >= 11 is 5.31. The van der Waals surface area contributed by atoms with E-state index in [0.29, 0.717) is 6.20 Å². The van der Waals surface area contributed by atoms with Crippen LogP contribution < -0.4 is 5.46 Å². The maximum absolute atomic E-state index is 12.2. The molecule has 0 amide bonds. The molecule has 1 rings (SSSR count). The normalized spacial score (nSPS) is 11.6. The van der Waals surface area contributed by atoms with Crippen molar-refractivity contribution < 1.29 is 23.2 Å². The lowest BCUT2D eigenvalue weighted by atomic mass is 9.78. The largest absolute Gasteiger partial charge is 0.489 e. The van der Waals surface area contributed by atoms with Crippen molar-refractivity contribution in [2.24, 2.45) is 0 Å². The molecule has 14 heavy (non-hydrogen) atoms. The lowest BCUT2D eigenvalue weighted by molar-refractivity contribution is -0.137. The van der Waals surface area contributed by atoms with Crippen molar-refractivity contribution in [2.75, 3.05) is 0 Å². The highest BCUT2D eigenvalue weighted by Gasteiger charge is 2.36. The van der Waals surface area contributed by atoms with Crippen LogP contribution in [0.15, 0.2) is 12.3 Å². The number of nitrogens with zero attached hydrogens (tertiary/aromatic N) is 1. The zero-order chi connectivity index (χ0) is 10.9. The minimum Gasteiger partial charge on any atom is -0.423 e. The quantitative estimate of drug-likeness (QED) is 0.538. The van der Waals surface area contributed by atoms with Crippen LogP contribution in [0.2, 0.25) is 5.15 Å². The second kappa shape index (κ2) is 3.76. The Bertz CT molecular complexity index is 344. The minimum absolute atomic E-state index is 0.235. The SMILES string of the molecule is OB(O)c1cc(Cl)ncc1C(F)(F)F. The van der Waals surface area contributed by atoms with E-state index in [1.807, 2.05) is 0 Å². The van der Waals surface area contributed by atoms with Gasteiger partial charge in [0.25, 0.3) is 0 Å². The second-order valence-electron chi connectivity index (χ2n) is 2.47. The Morgan fingerprint density at radius 2 is 1.93 bits per heavy atom. The van der Waals surface area contributed by atoms with Gasteiger partial charge in [0.15, 0.2) is 0 Å². The van der Waals surface area contributed by atoms with Crippen molar-refractivity contribution >= 4 is 24.2 Å². The molecule has 1 aromatic rings. The molecule has 0 radical (unpaired) electrons. The van der Waals surface area contributed by atoms with Gasteiger partial charge in [-0.25, -0.2) is 4.98 Å². The predicted octanol–water partition coefficient (Wildman–Crippen LogP) is 0.434. The van der Waals surface area contributed by atoms with Crippen LogP contribution in [0.5, 0.6) is 0 Å². The van der Waals surface area contributed by atoms with Crippen LogP contribution in [-0.4, -0.2) is 22.2 Å². The summed E-state index contributed by atoms with van der Waals surface area (Å²) in [5, 5.41) is 17.1. The van der Waals surface area contributed by atoms with Gasteiger partial charge in [0.05, 0.1) is 5.56 Å². The van der Waals surface area contributed by atoms with E-state index in [0.717, 1.165) is 6.07 Å². The fourth-order valence-corrected chi connectivity index (χ4v) is 1.06. The number of rotatable bonds is 1. The maximum Gasteiger partial charge on any atom is 0.489 e. The Labute approximate surface area is 82.3 Å². The smallest absolute Gasteiger partial charge is 0.423 e. The minimum atomic E-state index is -4.68. The van der Waals surface area contributed by atoms with Crippen molar-refractivity contribution in [1.29, 1.82) is 0 Å². The van der Waals surface area contributed by atoms with Crippen molar-refractivity contribution in [3.63, 3.8) is 0 Å². The molecule has 2 N–H and O–H groups in total. The average Bonchev–Trinajstić information content (AvgIpc) is 2.01. The molecule has 0 atom stereocenters. The first kappa shape index (κ1) is 11.3. The molecule has 76 valence electrons. The Hall–Kier alpha value is -0.785. The first-order valence-corrected chi connectivity index (χ1v) is 3.79. The van der Waals surface area contributed by atoms with Crippen LogP contribution in [0, 0.1) is 0 Å². The Morgan fingerprint density at radius 1 is 1.36 bits per heavy atom. The zero-order valence-corrected chi connectivity index (χ0v) is 7.34. The molecule has 0 aliphatic rings. The van der Waals surface area contributed by atoms with Crippen molar-refractivity contribution in [3.8, 4) is 0 Å². The monoisotopic (exact) mass is 225 g/mol. The van der Waals surface area contributed by atoms with Gasteiger partial charge < -0.3 is 10.0 Å². The fraction of sp³-hybridized carbons (Fsp3) is 0.167. The maximum atomic E-state index is 12.2. The molecule has 1 heterocycles. The molecule has 0 saturated carbocycles.